The molecule has 0 aromatic rings. The summed E-state index contributed by atoms with van der Waals surface area (Å²) in [6, 6.07) is 0. The van der Waals surface area contributed by atoms with Gasteiger partial charge in [-0.3, -0.25) is 0 Å². The van der Waals surface area contributed by atoms with Crippen LogP contribution in [0, 0.1) is 0 Å². The highest BCUT2D eigenvalue weighted by atomic mass is 16.3. The average molecular weight is 157 g/mol. The molecule has 1 saturated heterocycles. The topological polar surface area (TPSA) is 23.5 Å². The van der Waals surface area contributed by atoms with Crippen LogP contribution in [0.4, 0.5) is 0 Å². The first-order valence-corrected chi connectivity index (χ1v) is 4.65. The Bertz CT molecular complexity index is 95.7. The summed E-state index contributed by atoms with van der Waals surface area (Å²) < 4.78 is 0. The fraction of sp³-hybridized carbons (Fsp3) is 1.00. The second-order valence-corrected chi connectivity index (χ2v) is 3.60. The number of hydrogen-bond acceptors (Lipinski definition) is 2. The minimum atomic E-state index is 0.0833. The number of rotatable bonds is 0. The zero-order valence-corrected chi connectivity index (χ0v) is 7.42. The minimum Gasteiger partial charge on any atom is -0.393 e. The van der Waals surface area contributed by atoms with E-state index in [1.54, 1.807) is 0 Å². The number of nitrogens with zero attached hydrogens (tertiary/aromatic N) is 1. The van der Waals surface area contributed by atoms with Crippen LogP contribution in [-0.2, 0) is 0 Å². The summed E-state index contributed by atoms with van der Waals surface area (Å²) in [4.78, 5) is 2.39. The van der Waals surface area contributed by atoms with E-state index in [0.29, 0.717) is 0 Å². The molecule has 0 radical (unpaired) electrons. The van der Waals surface area contributed by atoms with E-state index in [1.807, 2.05) is 0 Å². The van der Waals surface area contributed by atoms with E-state index in [1.165, 1.54) is 32.4 Å². The summed E-state index contributed by atoms with van der Waals surface area (Å²) in [6.45, 7) is 2.64. The maximum atomic E-state index is 8.17. The van der Waals surface area contributed by atoms with Gasteiger partial charge in [0.25, 0.3) is 0 Å². The van der Waals surface area contributed by atoms with Crippen LogP contribution in [0.1, 0.15) is 32.1 Å². The molecule has 1 heterocycles. The SMILES string of the molecule is CN1CCCCC1.OC1CC1. The van der Waals surface area contributed by atoms with Gasteiger partial charge in [-0.15, -0.1) is 0 Å². The van der Waals surface area contributed by atoms with Crippen LogP contribution in [0.2, 0.25) is 0 Å². The van der Waals surface area contributed by atoms with Gasteiger partial charge in [-0.25, -0.2) is 0 Å². The highest BCUT2D eigenvalue weighted by molar-refractivity contribution is 4.68. The van der Waals surface area contributed by atoms with Crippen molar-refractivity contribution in [2.45, 2.75) is 38.2 Å². The number of hydrogen-bond donors (Lipinski definition) is 1. The van der Waals surface area contributed by atoms with Crippen LogP contribution in [0.3, 0.4) is 0 Å². The number of piperidine rings is 1. The molecule has 2 fully saturated rings. The molecule has 0 aromatic carbocycles. The van der Waals surface area contributed by atoms with Gasteiger partial charge in [-0.05, 0) is 45.8 Å². The molecule has 2 rings (SSSR count). The van der Waals surface area contributed by atoms with Gasteiger partial charge in [0.2, 0.25) is 0 Å². The number of aliphatic hydroxyl groups excluding tert-OH is 1. The molecule has 2 heteroatoms. The lowest BCUT2D eigenvalue weighted by Crippen LogP contribution is -2.24. The highest BCUT2D eigenvalue weighted by Crippen LogP contribution is 2.16. The molecule has 1 saturated carbocycles. The van der Waals surface area contributed by atoms with Crippen LogP contribution in [0.15, 0.2) is 0 Å². The smallest absolute Gasteiger partial charge is 0.0542 e. The Morgan fingerprint density at radius 2 is 1.55 bits per heavy atom. The molecule has 2 aliphatic rings. The Morgan fingerprint density at radius 3 is 1.73 bits per heavy atom. The van der Waals surface area contributed by atoms with Gasteiger partial charge in [0, 0.05) is 0 Å². The molecule has 0 bridgehead atoms. The average Bonchev–Trinajstić information content (AvgIpc) is 2.75. The fourth-order valence-electron chi connectivity index (χ4n) is 1.13. The largest absolute Gasteiger partial charge is 0.393 e. The van der Waals surface area contributed by atoms with Crippen molar-refractivity contribution in [1.82, 2.24) is 4.90 Å². The number of aliphatic hydroxyl groups is 1. The maximum Gasteiger partial charge on any atom is 0.0542 e. The molecule has 0 atom stereocenters. The Labute approximate surface area is 69.2 Å². The first-order chi connectivity index (χ1) is 5.29. The van der Waals surface area contributed by atoms with Gasteiger partial charge in [0.15, 0.2) is 0 Å². The molecular weight excluding hydrogens is 138 g/mol. The van der Waals surface area contributed by atoms with Crippen molar-refractivity contribution in [3.63, 3.8) is 0 Å². The van der Waals surface area contributed by atoms with Crippen molar-refractivity contribution in [2.75, 3.05) is 20.1 Å². The third-order valence-corrected chi connectivity index (χ3v) is 2.13. The third-order valence-electron chi connectivity index (χ3n) is 2.13. The first kappa shape index (κ1) is 9.01. The lowest BCUT2D eigenvalue weighted by atomic mass is 10.1. The zero-order chi connectivity index (χ0) is 8.10. The van der Waals surface area contributed by atoms with Crippen molar-refractivity contribution in [1.29, 1.82) is 0 Å². The normalized spacial score (nSPS) is 25.6. The van der Waals surface area contributed by atoms with Gasteiger partial charge in [0.05, 0.1) is 6.10 Å². The zero-order valence-electron chi connectivity index (χ0n) is 7.42. The number of likely N-dealkylation sites (tertiary alicyclic amines) is 1. The molecule has 66 valence electrons. The van der Waals surface area contributed by atoms with E-state index in [4.69, 9.17) is 5.11 Å². The maximum absolute atomic E-state index is 8.17. The van der Waals surface area contributed by atoms with Crippen LogP contribution < -0.4 is 0 Å². The van der Waals surface area contributed by atoms with Crippen molar-refractivity contribution in [3.05, 3.63) is 0 Å². The fourth-order valence-corrected chi connectivity index (χ4v) is 1.13. The van der Waals surface area contributed by atoms with Crippen LogP contribution in [0.25, 0.3) is 0 Å². The van der Waals surface area contributed by atoms with Gasteiger partial charge in [-0.1, -0.05) is 6.42 Å². The molecule has 1 aliphatic carbocycles. The van der Waals surface area contributed by atoms with Crippen LogP contribution in [-0.4, -0.2) is 36.2 Å². The molecule has 0 aromatic heterocycles. The van der Waals surface area contributed by atoms with Gasteiger partial charge in [-0.2, -0.15) is 0 Å². The summed E-state index contributed by atoms with van der Waals surface area (Å²) in [7, 11) is 2.19. The second-order valence-electron chi connectivity index (χ2n) is 3.60. The van der Waals surface area contributed by atoms with E-state index < -0.39 is 0 Å². The Kier molecular flexibility index (Phi) is 3.87. The Hall–Kier alpha value is -0.0800. The van der Waals surface area contributed by atoms with Crippen molar-refractivity contribution < 1.29 is 5.11 Å². The van der Waals surface area contributed by atoms with Crippen molar-refractivity contribution >= 4 is 0 Å². The van der Waals surface area contributed by atoms with Crippen molar-refractivity contribution in [2.24, 2.45) is 0 Å². The molecule has 1 N–H and O–H groups in total. The van der Waals surface area contributed by atoms with E-state index in [9.17, 15) is 0 Å². The minimum absolute atomic E-state index is 0.0833. The molecular formula is C9H19NO. The molecule has 1 aliphatic heterocycles. The lowest BCUT2D eigenvalue weighted by molar-refractivity contribution is 0.277. The molecule has 11 heavy (non-hydrogen) atoms. The molecule has 0 spiro atoms. The van der Waals surface area contributed by atoms with Crippen molar-refractivity contribution in [3.8, 4) is 0 Å². The third kappa shape index (κ3) is 5.22. The summed E-state index contributed by atoms with van der Waals surface area (Å²) in [6.07, 6.45) is 6.44. The highest BCUT2D eigenvalue weighted by Gasteiger charge is 2.15. The molecule has 0 unspecified atom stereocenters. The van der Waals surface area contributed by atoms with Crippen LogP contribution in [0.5, 0.6) is 0 Å². The van der Waals surface area contributed by atoms with Gasteiger partial charge < -0.3 is 10.0 Å². The first-order valence-electron chi connectivity index (χ1n) is 4.65. The predicted molar refractivity (Wildman–Crippen MR) is 46.6 cm³/mol. The summed E-state index contributed by atoms with van der Waals surface area (Å²) >= 11 is 0. The van der Waals surface area contributed by atoms with E-state index >= 15 is 0 Å². The Morgan fingerprint density at radius 1 is 1.09 bits per heavy atom. The Balaban J connectivity index is 0.000000128. The van der Waals surface area contributed by atoms with E-state index in [-0.39, 0.29) is 6.10 Å². The van der Waals surface area contributed by atoms with E-state index in [0.717, 1.165) is 12.8 Å². The summed E-state index contributed by atoms with van der Waals surface area (Å²) in [5, 5.41) is 8.17. The monoisotopic (exact) mass is 157 g/mol. The lowest BCUT2D eigenvalue weighted by Gasteiger charge is -2.20. The van der Waals surface area contributed by atoms with Crippen LogP contribution >= 0.6 is 0 Å². The standard InChI is InChI=1S/C6H13N.C3H6O/c1-7-5-3-2-4-6-7;4-3-1-2-3/h2-6H2,1H3;3-4H,1-2H2. The second kappa shape index (κ2) is 4.73. The quantitative estimate of drug-likeness (QED) is 0.572. The molecule has 2 nitrogen and oxygen atoms in total. The van der Waals surface area contributed by atoms with Gasteiger partial charge >= 0.3 is 0 Å². The van der Waals surface area contributed by atoms with Gasteiger partial charge in [0.1, 0.15) is 0 Å². The predicted octanol–water partition coefficient (Wildman–Crippen LogP) is 1.24. The van der Waals surface area contributed by atoms with E-state index in [2.05, 4.69) is 11.9 Å². The summed E-state index contributed by atoms with van der Waals surface area (Å²) in [5.41, 5.74) is 0. The molecule has 0 amide bonds. The summed E-state index contributed by atoms with van der Waals surface area (Å²) in [5.74, 6) is 0.